The molecule has 1 unspecified atom stereocenters. The lowest BCUT2D eigenvalue weighted by molar-refractivity contribution is 0.120. The molecule has 90 valence electrons. The van der Waals surface area contributed by atoms with Gasteiger partial charge in [-0.05, 0) is 12.8 Å². The molecule has 0 radical (unpaired) electrons. The number of hydrogen-bond acceptors (Lipinski definition) is 4. The monoisotopic (exact) mass is 225 g/mol. The summed E-state index contributed by atoms with van der Waals surface area (Å²) in [5, 5.41) is 3.32. The number of nitrogens with one attached hydrogen (secondary N) is 1. The minimum atomic E-state index is 0.340. The first-order chi connectivity index (χ1) is 7.90. The van der Waals surface area contributed by atoms with Crippen molar-refractivity contribution in [2.75, 3.05) is 32.2 Å². The zero-order chi connectivity index (χ0) is 11.2. The van der Waals surface area contributed by atoms with Crippen molar-refractivity contribution in [2.45, 2.75) is 25.5 Å². The van der Waals surface area contributed by atoms with Crippen molar-refractivity contribution in [3.8, 4) is 0 Å². The molecule has 5 nitrogen and oxygen atoms in total. The zero-order valence-corrected chi connectivity index (χ0v) is 9.69. The first kappa shape index (κ1) is 11.4. The molecular formula is C11H19N3O2. The Morgan fingerprint density at radius 1 is 1.69 bits per heavy atom. The Labute approximate surface area is 95.8 Å². The molecule has 1 N–H and O–H groups in total. The van der Waals surface area contributed by atoms with Gasteiger partial charge in [0, 0.05) is 39.2 Å². The summed E-state index contributed by atoms with van der Waals surface area (Å²) < 4.78 is 12.6. The largest absolute Gasteiger partial charge is 0.383 e. The lowest BCUT2D eigenvalue weighted by atomic mass is 10.2. The number of rotatable bonds is 6. The topological polar surface area (TPSA) is 48.3 Å². The smallest absolute Gasteiger partial charge is 0.202 e. The molecule has 1 atom stereocenters. The van der Waals surface area contributed by atoms with Crippen LogP contribution in [0.25, 0.3) is 0 Å². The predicted molar refractivity (Wildman–Crippen MR) is 61.6 cm³/mol. The molecule has 16 heavy (non-hydrogen) atoms. The van der Waals surface area contributed by atoms with Crippen LogP contribution >= 0.6 is 0 Å². The highest BCUT2D eigenvalue weighted by Gasteiger charge is 2.15. The molecule has 0 aliphatic carbocycles. The molecule has 1 aliphatic heterocycles. The Kier molecular flexibility index (Phi) is 4.18. The van der Waals surface area contributed by atoms with Crippen LogP contribution in [0.15, 0.2) is 12.4 Å². The van der Waals surface area contributed by atoms with E-state index in [1.54, 1.807) is 13.3 Å². The standard InChI is InChI=1S/C11H19N3O2/c1-15-8-6-14-5-4-12-11(14)13-9-10-3-2-7-16-10/h4-5,10H,2-3,6-9H2,1H3,(H,12,13). The van der Waals surface area contributed by atoms with Crippen LogP contribution in [0, 0.1) is 0 Å². The minimum Gasteiger partial charge on any atom is -0.383 e. The van der Waals surface area contributed by atoms with E-state index in [9.17, 15) is 0 Å². The fourth-order valence-corrected chi connectivity index (χ4v) is 1.86. The van der Waals surface area contributed by atoms with E-state index in [1.807, 2.05) is 6.20 Å². The number of methoxy groups -OCH3 is 1. The van der Waals surface area contributed by atoms with E-state index in [1.165, 1.54) is 6.42 Å². The van der Waals surface area contributed by atoms with E-state index < -0.39 is 0 Å². The van der Waals surface area contributed by atoms with Crippen molar-refractivity contribution in [1.29, 1.82) is 0 Å². The maximum absolute atomic E-state index is 5.55. The zero-order valence-electron chi connectivity index (χ0n) is 9.69. The number of imidazole rings is 1. The van der Waals surface area contributed by atoms with E-state index in [0.29, 0.717) is 12.7 Å². The third-order valence-corrected chi connectivity index (χ3v) is 2.76. The third-order valence-electron chi connectivity index (χ3n) is 2.76. The van der Waals surface area contributed by atoms with Gasteiger partial charge in [-0.3, -0.25) is 0 Å². The van der Waals surface area contributed by atoms with Crippen LogP contribution in [-0.2, 0) is 16.0 Å². The SMILES string of the molecule is COCCn1ccnc1NCC1CCCO1. The second-order valence-electron chi connectivity index (χ2n) is 3.95. The van der Waals surface area contributed by atoms with E-state index >= 15 is 0 Å². The van der Waals surface area contributed by atoms with Crippen LogP contribution in [0.5, 0.6) is 0 Å². The van der Waals surface area contributed by atoms with Crippen LogP contribution in [0.1, 0.15) is 12.8 Å². The Morgan fingerprint density at radius 3 is 3.38 bits per heavy atom. The average molecular weight is 225 g/mol. The highest BCUT2D eigenvalue weighted by Crippen LogP contribution is 2.13. The number of aromatic nitrogens is 2. The molecule has 0 spiro atoms. The van der Waals surface area contributed by atoms with Gasteiger partial charge in [-0.2, -0.15) is 0 Å². The van der Waals surface area contributed by atoms with Crippen molar-refractivity contribution in [3.05, 3.63) is 12.4 Å². The predicted octanol–water partition coefficient (Wildman–Crippen LogP) is 1.12. The minimum absolute atomic E-state index is 0.340. The lowest BCUT2D eigenvalue weighted by Crippen LogP contribution is -2.20. The molecule has 2 rings (SSSR count). The third kappa shape index (κ3) is 2.96. The van der Waals surface area contributed by atoms with Crippen LogP contribution in [0.3, 0.4) is 0 Å². The molecular weight excluding hydrogens is 206 g/mol. The molecule has 1 fully saturated rings. The van der Waals surface area contributed by atoms with Gasteiger partial charge in [0.25, 0.3) is 0 Å². The second-order valence-corrected chi connectivity index (χ2v) is 3.95. The Bertz CT molecular complexity index is 308. The van der Waals surface area contributed by atoms with Gasteiger partial charge >= 0.3 is 0 Å². The Hall–Kier alpha value is -1.07. The molecule has 0 saturated carbocycles. The summed E-state index contributed by atoms with van der Waals surface area (Å²) in [5.41, 5.74) is 0. The van der Waals surface area contributed by atoms with Gasteiger partial charge in [0.05, 0.1) is 12.7 Å². The number of nitrogens with zero attached hydrogens (tertiary/aromatic N) is 2. The van der Waals surface area contributed by atoms with Gasteiger partial charge in [0.2, 0.25) is 5.95 Å². The van der Waals surface area contributed by atoms with Gasteiger partial charge < -0.3 is 19.4 Å². The van der Waals surface area contributed by atoms with Gasteiger partial charge in [-0.1, -0.05) is 0 Å². The van der Waals surface area contributed by atoms with Crippen molar-refractivity contribution in [2.24, 2.45) is 0 Å². The van der Waals surface area contributed by atoms with Crippen molar-refractivity contribution in [1.82, 2.24) is 9.55 Å². The van der Waals surface area contributed by atoms with Crippen molar-refractivity contribution < 1.29 is 9.47 Å². The normalized spacial score (nSPS) is 20.2. The summed E-state index contributed by atoms with van der Waals surface area (Å²) in [6.45, 7) is 3.25. The summed E-state index contributed by atoms with van der Waals surface area (Å²) in [6, 6.07) is 0. The maximum Gasteiger partial charge on any atom is 0.202 e. The van der Waals surface area contributed by atoms with E-state index in [2.05, 4.69) is 14.9 Å². The average Bonchev–Trinajstić information content (AvgIpc) is 2.94. The van der Waals surface area contributed by atoms with Gasteiger partial charge in [0.15, 0.2) is 0 Å². The molecule has 1 aromatic rings. The van der Waals surface area contributed by atoms with Crippen molar-refractivity contribution >= 4 is 5.95 Å². The Morgan fingerprint density at radius 2 is 2.62 bits per heavy atom. The number of hydrogen-bond donors (Lipinski definition) is 1. The maximum atomic E-state index is 5.55. The molecule has 1 aliphatic rings. The fourth-order valence-electron chi connectivity index (χ4n) is 1.86. The second kappa shape index (κ2) is 5.86. The lowest BCUT2D eigenvalue weighted by Gasteiger charge is -2.12. The van der Waals surface area contributed by atoms with E-state index in [-0.39, 0.29) is 0 Å². The van der Waals surface area contributed by atoms with E-state index in [4.69, 9.17) is 9.47 Å². The quantitative estimate of drug-likeness (QED) is 0.788. The molecule has 1 aromatic heterocycles. The van der Waals surface area contributed by atoms with Crippen LogP contribution in [-0.4, -0.2) is 42.5 Å². The molecule has 0 amide bonds. The highest BCUT2D eigenvalue weighted by atomic mass is 16.5. The van der Waals surface area contributed by atoms with Crippen LogP contribution in [0.4, 0.5) is 5.95 Å². The first-order valence-corrected chi connectivity index (χ1v) is 5.75. The molecule has 1 saturated heterocycles. The molecule has 2 heterocycles. The summed E-state index contributed by atoms with van der Waals surface area (Å²) >= 11 is 0. The Balaban J connectivity index is 1.80. The summed E-state index contributed by atoms with van der Waals surface area (Å²) in [7, 11) is 1.70. The van der Waals surface area contributed by atoms with Crippen LogP contribution < -0.4 is 5.32 Å². The first-order valence-electron chi connectivity index (χ1n) is 5.75. The number of anilines is 1. The number of ether oxygens (including phenoxy) is 2. The molecule has 0 aromatic carbocycles. The molecule has 0 bridgehead atoms. The van der Waals surface area contributed by atoms with Crippen molar-refractivity contribution in [3.63, 3.8) is 0 Å². The van der Waals surface area contributed by atoms with E-state index in [0.717, 1.165) is 32.1 Å². The summed E-state index contributed by atoms with van der Waals surface area (Å²) in [4.78, 5) is 4.27. The summed E-state index contributed by atoms with van der Waals surface area (Å²) in [6.07, 6.45) is 6.41. The fraction of sp³-hybridized carbons (Fsp3) is 0.727. The summed E-state index contributed by atoms with van der Waals surface area (Å²) in [5.74, 6) is 0.896. The molecule has 5 heteroatoms. The van der Waals surface area contributed by atoms with Gasteiger partial charge in [0.1, 0.15) is 0 Å². The van der Waals surface area contributed by atoms with Gasteiger partial charge in [-0.25, -0.2) is 4.98 Å². The van der Waals surface area contributed by atoms with Crippen LogP contribution in [0.2, 0.25) is 0 Å². The highest BCUT2D eigenvalue weighted by molar-refractivity contribution is 5.25. The van der Waals surface area contributed by atoms with Gasteiger partial charge in [-0.15, -0.1) is 0 Å².